The summed E-state index contributed by atoms with van der Waals surface area (Å²) in [5.41, 5.74) is 0.800. The van der Waals surface area contributed by atoms with Gasteiger partial charge in [0.1, 0.15) is 5.82 Å². The monoisotopic (exact) mass is 377 g/mol. The highest BCUT2D eigenvalue weighted by Gasteiger charge is 2.21. The van der Waals surface area contributed by atoms with Crippen molar-refractivity contribution in [1.82, 2.24) is 20.4 Å². The molecule has 0 atom stereocenters. The first-order valence-corrected chi connectivity index (χ1v) is 10.0. The smallest absolute Gasteiger partial charge is 0.191 e. The van der Waals surface area contributed by atoms with E-state index in [2.05, 4.69) is 46.3 Å². The van der Waals surface area contributed by atoms with Crippen molar-refractivity contribution in [3.8, 4) is 0 Å². The first-order chi connectivity index (χ1) is 12.9. The highest BCUT2D eigenvalue weighted by molar-refractivity contribution is 5.79. The van der Waals surface area contributed by atoms with Gasteiger partial charge >= 0.3 is 0 Å². The highest BCUT2D eigenvalue weighted by Crippen LogP contribution is 2.22. The molecule has 1 aliphatic rings. The fourth-order valence-corrected chi connectivity index (χ4v) is 3.37. The van der Waals surface area contributed by atoms with E-state index < -0.39 is 0 Å². The first-order valence-electron chi connectivity index (χ1n) is 10.0. The summed E-state index contributed by atoms with van der Waals surface area (Å²) in [7, 11) is 3.99. The Labute approximate surface area is 164 Å². The van der Waals surface area contributed by atoms with Crippen LogP contribution in [0, 0.1) is 5.82 Å². The van der Waals surface area contributed by atoms with Gasteiger partial charge in [-0.3, -0.25) is 4.99 Å². The molecule has 0 aliphatic carbocycles. The van der Waals surface area contributed by atoms with Gasteiger partial charge < -0.3 is 20.4 Å². The average molecular weight is 378 g/mol. The van der Waals surface area contributed by atoms with Gasteiger partial charge in [-0.15, -0.1) is 0 Å². The molecule has 0 spiro atoms. The SMILES string of the molecule is CN=C(NCCCN1CCCN(C)CC1)NCC(C)(C)c1cccc(F)c1. The quantitative estimate of drug-likeness (QED) is 0.435. The van der Waals surface area contributed by atoms with Crippen LogP contribution >= 0.6 is 0 Å². The Kier molecular flexibility index (Phi) is 8.51. The molecule has 0 bridgehead atoms. The molecule has 2 N–H and O–H groups in total. The predicted octanol–water partition coefficient (Wildman–Crippen LogP) is 2.30. The Balaban J connectivity index is 1.71. The topological polar surface area (TPSA) is 42.9 Å². The zero-order valence-electron chi connectivity index (χ0n) is 17.4. The molecular weight excluding hydrogens is 341 g/mol. The lowest BCUT2D eigenvalue weighted by atomic mass is 9.84. The van der Waals surface area contributed by atoms with Crippen molar-refractivity contribution in [2.24, 2.45) is 4.99 Å². The van der Waals surface area contributed by atoms with Gasteiger partial charge in [-0.1, -0.05) is 26.0 Å². The van der Waals surface area contributed by atoms with E-state index in [1.165, 1.54) is 25.6 Å². The fraction of sp³-hybridized carbons (Fsp3) is 0.667. The number of rotatable bonds is 7. The van der Waals surface area contributed by atoms with E-state index in [0.29, 0.717) is 6.54 Å². The molecule has 2 rings (SSSR count). The number of guanidine groups is 1. The Bertz CT molecular complexity index is 602. The second-order valence-corrected chi connectivity index (χ2v) is 8.10. The third-order valence-corrected chi connectivity index (χ3v) is 5.28. The Hall–Kier alpha value is -1.66. The van der Waals surface area contributed by atoms with E-state index in [-0.39, 0.29) is 11.2 Å². The Morgan fingerprint density at radius 2 is 2.00 bits per heavy atom. The van der Waals surface area contributed by atoms with Crippen LogP contribution in [0.4, 0.5) is 4.39 Å². The molecule has 5 nitrogen and oxygen atoms in total. The van der Waals surface area contributed by atoms with Crippen LogP contribution in [-0.2, 0) is 5.41 Å². The summed E-state index contributed by atoms with van der Waals surface area (Å²) in [5, 5.41) is 6.77. The Morgan fingerprint density at radius 1 is 1.19 bits per heavy atom. The maximum atomic E-state index is 13.5. The van der Waals surface area contributed by atoms with Crippen LogP contribution in [0.2, 0.25) is 0 Å². The maximum absolute atomic E-state index is 13.5. The van der Waals surface area contributed by atoms with Gasteiger partial charge in [0.25, 0.3) is 0 Å². The van der Waals surface area contributed by atoms with Crippen molar-refractivity contribution in [3.05, 3.63) is 35.6 Å². The van der Waals surface area contributed by atoms with E-state index >= 15 is 0 Å². The molecule has 152 valence electrons. The summed E-state index contributed by atoms with van der Waals surface area (Å²) in [6.07, 6.45) is 2.35. The largest absolute Gasteiger partial charge is 0.356 e. The molecule has 1 fully saturated rings. The molecule has 1 saturated heterocycles. The summed E-state index contributed by atoms with van der Waals surface area (Å²) in [5.74, 6) is 0.609. The molecule has 6 heteroatoms. The summed E-state index contributed by atoms with van der Waals surface area (Å²) < 4.78 is 13.5. The number of likely N-dealkylation sites (N-methyl/N-ethyl adjacent to an activating group) is 1. The molecule has 1 aromatic carbocycles. The summed E-state index contributed by atoms with van der Waals surface area (Å²) in [4.78, 5) is 9.27. The molecule has 0 unspecified atom stereocenters. The summed E-state index contributed by atoms with van der Waals surface area (Å²) in [6.45, 7) is 11.6. The molecule has 1 aromatic rings. The Morgan fingerprint density at radius 3 is 2.74 bits per heavy atom. The number of hydrogen-bond acceptors (Lipinski definition) is 3. The molecule has 0 aromatic heterocycles. The minimum absolute atomic E-state index is 0.183. The molecule has 0 radical (unpaired) electrons. The van der Waals surface area contributed by atoms with Crippen molar-refractivity contribution in [2.75, 3.05) is 59.9 Å². The number of halogens is 1. The van der Waals surface area contributed by atoms with Crippen molar-refractivity contribution in [2.45, 2.75) is 32.1 Å². The van der Waals surface area contributed by atoms with E-state index in [1.807, 2.05) is 6.07 Å². The molecule has 27 heavy (non-hydrogen) atoms. The molecule has 0 saturated carbocycles. The molecule has 1 aliphatic heterocycles. The van der Waals surface area contributed by atoms with Crippen LogP contribution in [-0.4, -0.2) is 75.7 Å². The number of hydrogen-bond donors (Lipinski definition) is 2. The predicted molar refractivity (Wildman–Crippen MR) is 112 cm³/mol. The zero-order chi connectivity index (χ0) is 19.7. The highest BCUT2D eigenvalue weighted by atomic mass is 19.1. The van der Waals surface area contributed by atoms with Gasteiger partial charge in [0.15, 0.2) is 5.96 Å². The van der Waals surface area contributed by atoms with Crippen LogP contribution in [0.5, 0.6) is 0 Å². The van der Waals surface area contributed by atoms with Gasteiger partial charge in [-0.2, -0.15) is 0 Å². The fourth-order valence-electron chi connectivity index (χ4n) is 3.37. The van der Waals surface area contributed by atoms with E-state index in [0.717, 1.165) is 44.1 Å². The third kappa shape index (κ3) is 7.46. The minimum Gasteiger partial charge on any atom is -0.356 e. The molecular formula is C21H36FN5. The van der Waals surface area contributed by atoms with Gasteiger partial charge in [0.05, 0.1) is 0 Å². The van der Waals surface area contributed by atoms with Gasteiger partial charge in [0.2, 0.25) is 0 Å². The number of nitrogens with zero attached hydrogens (tertiary/aromatic N) is 3. The van der Waals surface area contributed by atoms with E-state index in [4.69, 9.17) is 0 Å². The van der Waals surface area contributed by atoms with Crippen LogP contribution in [0.1, 0.15) is 32.3 Å². The van der Waals surface area contributed by atoms with E-state index in [9.17, 15) is 4.39 Å². The summed E-state index contributed by atoms with van der Waals surface area (Å²) in [6, 6.07) is 6.83. The van der Waals surface area contributed by atoms with E-state index in [1.54, 1.807) is 19.2 Å². The van der Waals surface area contributed by atoms with Gasteiger partial charge in [-0.05, 0) is 57.2 Å². The lowest BCUT2D eigenvalue weighted by Crippen LogP contribution is -2.44. The standard InChI is InChI=1S/C21H36FN5/c1-21(2,18-8-5-9-19(22)16-18)17-25-20(23-3)24-10-6-12-27-13-7-11-26(4)14-15-27/h5,8-9,16H,6-7,10-15,17H2,1-4H3,(H2,23,24,25). The van der Waals surface area contributed by atoms with Gasteiger partial charge in [-0.25, -0.2) is 4.39 Å². The zero-order valence-corrected chi connectivity index (χ0v) is 17.4. The van der Waals surface area contributed by atoms with Crippen LogP contribution < -0.4 is 10.6 Å². The number of nitrogens with one attached hydrogen (secondary N) is 2. The lowest BCUT2D eigenvalue weighted by molar-refractivity contribution is 0.274. The van der Waals surface area contributed by atoms with Crippen molar-refractivity contribution in [1.29, 1.82) is 0 Å². The minimum atomic E-state index is -0.192. The van der Waals surface area contributed by atoms with Crippen LogP contribution in [0.25, 0.3) is 0 Å². The second-order valence-electron chi connectivity index (χ2n) is 8.10. The van der Waals surface area contributed by atoms with Crippen molar-refractivity contribution in [3.63, 3.8) is 0 Å². The van der Waals surface area contributed by atoms with Crippen molar-refractivity contribution < 1.29 is 4.39 Å². The third-order valence-electron chi connectivity index (χ3n) is 5.28. The lowest BCUT2D eigenvalue weighted by Gasteiger charge is -2.27. The summed E-state index contributed by atoms with van der Waals surface area (Å²) >= 11 is 0. The number of benzene rings is 1. The van der Waals surface area contributed by atoms with Gasteiger partial charge in [0, 0.05) is 38.6 Å². The number of aliphatic imine (C=N–C) groups is 1. The van der Waals surface area contributed by atoms with Crippen LogP contribution in [0.3, 0.4) is 0 Å². The first kappa shape index (κ1) is 21.6. The normalized spacial score (nSPS) is 17.6. The van der Waals surface area contributed by atoms with Crippen molar-refractivity contribution >= 4 is 5.96 Å². The van der Waals surface area contributed by atoms with Crippen LogP contribution in [0.15, 0.2) is 29.3 Å². The molecule has 0 amide bonds. The second kappa shape index (κ2) is 10.6. The molecule has 1 heterocycles. The maximum Gasteiger partial charge on any atom is 0.191 e. The average Bonchev–Trinajstić information content (AvgIpc) is 2.85.